The van der Waals surface area contributed by atoms with Crippen LogP contribution in [0.3, 0.4) is 0 Å². The van der Waals surface area contributed by atoms with Gasteiger partial charge in [0, 0.05) is 6.54 Å². The summed E-state index contributed by atoms with van der Waals surface area (Å²) in [6.07, 6.45) is 9.49. The molecule has 3 nitrogen and oxygen atoms in total. The number of hydrogen-bond acceptors (Lipinski definition) is 2. The zero-order valence-corrected chi connectivity index (χ0v) is 12.3. The zero-order chi connectivity index (χ0) is 13.5. The normalized spacial score (nSPS) is 41.1. The number of ether oxygens (including phenoxy) is 1. The SMILES string of the molecule is CCNC(=O)OC(C)CC12CC3CC(CC(C3)C1)C2. The minimum absolute atomic E-state index is 0.0581. The summed E-state index contributed by atoms with van der Waals surface area (Å²) in [4.78, 5) is 11.5. The summed E-state index contributed by atoms with van der Waals surface area (Å²) >= 11 is 0. The van der Waals surface area contributed by atoms with Crippen molar-refractivity contribution in [2.75, 3.05) is 6.54 Å². The fourth-order valence-corrected chi connectivity index (χ4v) is 5.56. The second kappa shape index (κ2) is 4.99. The van der Waals surface area contributed by atoms with Crippen LogP contribution in [0.15, 0.2) is 0 Å². The van der Waals surface area contributed by atoms with Gasteiger partial charge in [0.2, 0.25) is 0 Å². The predicted molar refractivity (Wildman–Crippen MR) is 74.8 cm³/mol. The van der Waals surface area contributed by atoms with E-state index >= 15 is 0 Å². The molecule has 4 rings (SSSR count). The maximum Gasteiger partial charge on any atom is 0.407 e. The number of rotatable bonds is 4. The molecule has 4 aliphatic carbocycles. The lowest BCUT2D eigenvalue weighted by Crippen LogP contribution is -2.47. The van der Waals surface area contributed by atoms with Crippen molar-refractivity contribution in [1.82, 2.24) is 5.32 Å². The van der Waals surface area contributed by atoms with Crippen molar-refractivity contribution in [2.45, 2.75) is 64.9 Å². The Labute approximate surface area is 116 Å². The summed E-state index contributed by atoms with van der Waals surface area (Å²) in [5.41, 5.74) is 0.501. The van der Waals surface area contributed by atoms with Crippen LogP contribution in [0.25, 0.3) is 0 Å². The molecule has 1 amide bonds. The third-order valence-corrected chi connectivity index (χ3v) is 5.51. The molecule has 108 valence electrons. The fourth-order valence-electron chi connectivity index (χ4n) is 5.56. The van der Waals surface area contributed by atoms with E-state index in [1.165, 1.54) is 38.5 Å². The van der Waals surface area contributed by atoms with Crippen LogP contribution in [0.5, 0.6) is 0 Å². The number of carbonyl (C=O) groups is 1. The first kappa shape index (κ1) is 13.3. The fraction of sp³-hybridized carbons (Fsp3) is 0.938. The number of carbonyl (C=O) groups excluding carboxylic acids is 1. The molecular formula is C16H27NO2. The van der Waals surface area contributed by atoms with Crippen LogP contribution in [-0.4, -0.2) is 18.7 Å². The van der Waals surface area contributed by atoms with E-state index in [0.717, 1.165) is 24.2 Å². The van der Waals surface area contributed by atoms with E-state index in [4.69, 9.17) is 4.74 Å². The second-order valence-corrected chi connectivity index (χ2v) is 7.37. The number of nitrogens with one attached hydrogen (secondary N) is 1. The highest BCUT2D eigenvalue weighted by molar-refractivity contribution is 5.67. The van der Waals surface area contributed by atoms with Crippen molar-refractivity contribution in [3.63, 3.8) is 0 Å². The topological polar surface area (TPSA) is 38.3 Å². The van der Waals surface area contributed by atoms with E-state index in [-0.39, 0.29) is 12.2 Å². The summed E-state index contributed by atoms with van der Waals surface area (Å²) < 4.78 is 5.48. The number of alkyl carbamates (subject to hydrolysis) is 1. The molecule has 0 radical (unpaired) electrons. The molecule has 0 aromatic heterocycles. The number of hydrogen-bond donors (Lipinski definition) is 1. The average Bonchev–Trinajstić information content (AvgIpc) is 2.25. The van der Waals surface area contributed by atoms with Gasteiger partial charge in [-0.3, -0.25) is 0 Å². The van der Waals surface area contributed by atoms with Crippen LogP contribution in [0.4, 0.5) is 4.79 Å². The van der Waals surface area contributed by atoms with Gasteiger partial charge in [-0.15, -0.1) is 0 Å². The smallest absolute Gasteiger partial charge is 0.407 e. The van der Waals surface area contributed by atoms with Crippen LogP contribution < -0.4 is 5.32 Å². The van der Waals surface area contributed by atoms with Crippen LogP contribution >= 0.6 is 0 Å². The van der Waals surface area contributed by atoms with Gasteiger partial charge < -0.3 is 10.1 Å². The Morgan fingerprint density at radius 3 is 2.21 bits per heavy atom. The van der Waals surface area contributed by atoms with Crippen molar-refractivity contribution in [1.29, 1.82) is 0 Å². The van der Waals surface area contributed by atoms with Crippen molar-refractivity contribution >= 4 is 6.09 Å². The summed E-state index contributed by atoms with van der Waals surface area (Å²) in [6, 6.07) is 0. The second-order valence-electron chi connectivity index (χ2n) is 7.37. The van der Waals surface area contributed by atoms with Crippen molar-refractivity contribution in [2.24, 2.45) is 23.2 Å². The lowest BCUT2D eigenvalue weighted by Gasteiger charge is -2.57. The van der Waals surface area contributed by atoms with Crippen molar-refractivity contribution in [3.8, 4) is 0 Å². The van der Waals surface area contributed by atoms with E-state index in [1.807, 2.05) is 6.92 Å². The molecule has 1 N–H and O–H groups in total. The van der Waals surface area contributed by atoms with Crippen LogP contribution in [0, 0.1) is 23.2 Å². The highest BCUT2D eigenvalue weighted by atomic mass is 16.6. The van der Waals surface area contributed by atoms with Gasteiger partial charge in [-0.2, -0.15) is 0 Å². The molecule has 0 saturated heterocycles. The van der Waals surface area contributed by atoms with Gasteiger partial charge in [-0.1, -0.05) is 0 Å². The molecule has 0 aromatic rings. The highest BCUT2D eigenvalue weighted by Gasteiger charge is 2.51. The van der Waals surface area contributed by atoms with Gasteiger partial charge in [0.1, 0.15) is 6.10 Å². The van der Waals surface area contributed by atoms with Gasteiger partial charge >= 0.3 is 6.09 Å². The Balaban J connectivity index is 1.58. The van der Waals surface area contributed by atoms with Gasteiger partial charge in [-0.25, -0.2) is 4.79 Å². The third kappa shape index (κ3) is 2.75. The molecule has 1 unspecified atom stereocenters. The van der Waals surface area contributed by atoms with E-state index in [9.17, 15) is 4.79 Å². The zero-order valence-electron chi connectivity index (χ0n) is 12.3. The Morgan fingerprint density at radius 2 is 1.74 bits per heavy atom. The van der Waals surface area contributed by atoms with Crippen LogP contribution in [-0.2, 0) is 4.74 Å². The Kier molecular flexibility index (Phi) is 3.48. The van der Waals surface area contributed by atoms with E-state index in [1.54, 1.807) is 0 Å². The highest BCUT2D eigenvalue weighted by Crippen LogP contribution is 2.61. The molecule has 0 spiro atoms. The standard InChI is InChI=1S/C16H27NO2/c1-3-17-15(18)19-11(2)7-16-8-12-4-13(9-16)6-14(5-12)10-16/h11-14H,3-10H2,1-2H3,(H,17,18). The summed E-state index contributed by atoms with van der Waals surface area (Å²) in [6.45, 7) is 4.63. The molecule has 0 heterocycles. The predicted octanol–water partition coefficient (Wildman–Crippen LogP) is 3.73. The maximum atomic E-state index is 11.5. The summed E-state index contributed by atoms with van der Waals surface area (Å²) in [5, 5.41) is 2.72. The first-order chi connectivity index (χ1) is 9.08. The molecule has 1 atom stereocenters. The molecule has 4 aliphatic rings. The van der Waals surface area contributed by atoms with E-state index < -0.39 is 0 Å². The van der Waals surface area contributed by atoms with Crippen molar-refractivity contribution < 1.29 is 9.53 Å². The molecule has 4 fully saturated rings. The minimum atomic E-state index is -0.250. The average molecular weight is 265 g/mol. The van der Waals surface area contributed by atoms with E-state index in [0.29, 0.717) is 12.0 Å². The Bertz CT molecular complexity index is 317. The van der Waals surface area contributed by atoms with Gasteiger partial charge in [-0.05, 0) is 82.0 Å². The molecule has 4 saturated carbocycles. The maximum absolute atomic E-state index is 11.5. The molecule has 19 heavy (non-hydrogen) atoms. The lowest BCUT2D eigenvalue weighted by atomic mass is 9.48. The van der Waals surface area contributed by atoms with Crippen molar-refractivity contribution in [3.05, 3.63) is 0 Å². The third-order valence-electron chi connectivity index (χ3n) is 5.51. The van der Waals surface area contributed by atoms with Gasteiger partial charge in [0.05, 0.1) is 0 Å². The van der Waals surface area contributed by atoms with Crippen LogP contribution in [0.1, 0.15) is 58.8 Å². The quantitative estimate of drug-likeness (QED) is 0.841. The van der Waals surface area contributed by atoms with Gasteiger partial charge in [0.15, 0.2) is 0 Å². The molecule has 4 bridgehead atoms. The molecule has 0 aliphatic heterocycles. The summed E-state index contributed by atoms with van der Waals surface area (Å²) in [5.74, 6) is 2.92. The summed E-state index contributed by atoms with van der Waals surface area (Å²) in [7, 11) is 0. The monoisotopic (exact) mass is 265 g/mol. The first-order valence-corrected chi connectivity index (χ1v) is 8.03. The minimum Gasteiger partial charge on any atom is -0.447 e. The lowest BCUT2D eigenvalue weighted by molar-refractivity contribution is -0.0747. The van der Waals surface area contributed by atoms with Crippen LogP contribution in [0.2, 0.25) is 0 Å². The Morgan fingerprint density at radius 1 is 1.21 bits per heavy atom. The molecular weight excluding hydrogens is 238 g/mol. The molecule has 3 heteroatoms. The Hall–Kier alpha value is -0.730. The largest absolute Gasteiger partial charge is 0.447 e. The van der Waals surface area contributed by atoms with E-state index in [2.05, 4.69) is 12.2 Å². The van der Waals surface area contributed by atoms with Gasteiger partial charge in [0.25, 0.3) is 0 Å². The molecule has 0 aromatic carbocycles. The number of amides is 1. The first-order valence-electron chi connectivity index (χ1n) is 8.03.